The van der Waals surface area contributed by atoms with Crippen LogP contribution in [-0.2, 0) is 0 Å². The van der Waals surface area contributed by atoms with Gasteiger partial charge in [0.15, 0.2) is 0 Å². The number of hydrogen-bond donors (Lipinski definition) is 1. The lowest BCUT2D eigenvalue weighted by molar-refractivity contribution is -0.168. The van der Waals surface area contributed by atoms with Crippen LogP contribution in [0.5, 0.6) is 5.75 Å². The van der Waals surface area contributed by atoms with Crippen LogP contribution in [0.25, 0.3) is 0 Å². The summed E-state index contributed by atoms with van der Waals surface area (Å²) >= 11 is 0. The first-order valence-corrected chi connectivity index (χ1v) is 6.26. The number of rotatable bonds is 3. The standard InChI is InChI=1S/C13H17F3N2O/c14-13(15,16)10(8-17)9-18-6-3-7-19-12-5-2-1-4-11(12)18/h1-2,4-5,10H,3,6-9,17H2. The lowest BCUT2D eigenvalue weighted by Crippen LogP contribution is -2.41. The van der Waals surface area contributed by atoms with Crippen LogP contribution < -0.4 is 15.4 Å². The Kier molecular flexibility index (Phi) is 4.19. The van der Waals surface area contributed by atoms with Crippen LogP contribution in [0.4, 0.5) is 18.9 Å². The number of hydrogen-bond acceptors (Lipinski definition) is 3. The zero-order chi connectivity index (χ0) is 13.9. The Morgan fingerprint density at radius 3 is 2.74 bits per heavy atom. The summed E-state index contributed by atoms with van der Waals surface area (Å²) in [6.07, 6.45) is -3.57. The van der Waals surface area contributed by atoms with Crippen LogP contribution in [0.15, 0.2) is 24.3 Å². The number of nitrogens with two attached hydrogens (primary N) is 1. The molecule has 19 heavy (non-hydrogen) atoms. The fourth-order valence-corrected chi connectivity index (χ4v) is 2.17. The Balaban J connectivity index is 2.20. The first-order valence-electron chi connectivity index (χ1n) is 6.26. The quantitative estimate of drug-likeness (QED) is 0.920. The second-order valence-corrected chi connectivity index (χ2v) is 4.59. The molecule has 0 saturated heterocycles. The highest BCUT2D eigenvalue weighted by atomic mass is 19.4. The molecule has 6 heteroatoms. The molecule has 0 amide bonds. The molecule has 0 saturated carbocycles. The highest BCUT2D eigenvalue weighted by Gasteiger charge is 2.40. The van der Waals surface area contributed by atoms with Gasteiger partial charge in [0.1, 0.15) is 5.75 Å². The Morgan fingerprint density at radius 1 is 1.32 bits per heavy atom. The molecule has 1 aliphatic rings. The normalized spacial score (nSPS) is 17.4. The molecular weight excluding hydrogens is 257 g/mol. The smallest absolute Gasteiger partial charge is 0.394 e. The monoisotopic (exact) mass is 274 g/mol. The molecule has 3 nitrogen and oxygen atoms in total. The number of nitrogens with zero attached hydrogens (tertiary/aromatic N) is 1. The van der Waals surface area contributed by atoms with E-state index in [0.29, 0.717) is 31.0 Å². The van der Waals surface area contributed by atoms with Crippen LogP contribution in [0.2, 0.25) is 0 Å². The molecule has 0 bridgehead atoms. The fourth-order valence-electron chi connectivity index (χ4n) is 2.17. The average Bonchev–Trinajstić information content (AvgIpc) is 2.57. The maximum absolute atomic E-state index is 12.8. The molecule has 0 radical (unpaired) electrons. The summed E-state index contributed by atoms with van der Waals surface area (Å²) in [5, 5.41) is 0. The van der Waals surface area contributed by atoms with Gasteiger partial charge in [-0.1, -0.05) is 12.1 Å². The van der Waals surface area contributed by atoms with Crippen LogP contribution in [0, 0.1) is 5.92 Å². The molecule has 106 valence electrons. The van der Waals surface area contributed by atoms with Gasteiger partial charge in [-0.3, -0.25) is 0 Å². The zero-order valence-electron chi connectivity index (χ0n) is 10.5. The van der Waals surface area contributed by atoms with E-state index in [0.717, 1.165) is 0 Å². The fraction of sp³-hybridized carbons (Fsp3) is 0.538. The Hall–Kier alpha value is -1.43. The molecule has 2 N–H and O–H groups in total. The van der Waals surface area contributed by atoms with Gasteiger partial charge in [-0.25, -0.2) is 0 Å². The summed E-state index contributed by atoms with van der Waals surface area (Å²) in [5.74, 6) is -0.878. The van der Waals surface area contributed by atoms with Crippen molar-refractivity contribution in [3.05, 3.63) is 24.3 Å². The number of fused-ring (bicyclic) bond motifs is 1. The van der Waals surface area contributed by atoms with E-state index in [9.17, 15) is 13.2 Å². The molecule has 0 fully saturated rings. The first-order chi connectivity index (χ1) is 9.02. The third-order valence-electron chi connectivity index (χ3n) is 3.22. The van der Waals surface area contributed by atoms with Crippen molar-refractivity contribution in [2.45, 2.75) is 12.6 Å². The highest BCUT2D eigenvalue weighted by molar-refractivity contribution is 5.59. The van der Waals surface area contributed by atoms with Gasteiger partial charge in [-0.05, 0) is 18.6 Å². The number of halogens is 3. The molecule has 1 aromatic carbocycles. The van der Waals surface area contributed by atoms with E-state index in [2.05, 4.69) is 0 Å². The average molecular weight is 274 g/mol. The zero-order valence-corrected chi connectivity index (χ0v) is 10.5. The van der Waals surface area contributed by atoms with Crippen LogP contribution >= 0.6 is 0 Å². The highest BCUT2D eigenvalue weighted by Crippen LogP contribution is 2.33. The molecule has 1 unspecified atom stereocenters. The molecule has 0 spiro atoms. The van der Waals surface area contributed by atoms with E-state index >= 15 is 0 Å². The SMILES string of the molecule is NCC(CN1CCCOc2ccccc21)C(F)(F)F. The van der Waals surface area contributed by atoms with Crippen molar-refractivity contribution in [1.82, 2.24) is 0 Å². The lowest BCUT2D eigenvalue weighted by atomic mass is 10.1. The van der Waals surface area contributed by atoms with Gasteiger partial charge in [-0.2, -0.15) is 13.2 Å². The third kappa shape index (κ3) is 3.32. The summed E-state index contributed by atoms with van der Waals surface area (Å²) in [6.45, 7) is 0.541. The van der Waals surface area contributed by atoms with E-state index in [1.165, 1.54) is 0 Å². The van der Waals surface area contributed by atoms with Crippen molar-refractivity contribution in [1.29, 1.82) is 0 Å². The van der Waals surface area contributed by atoms with Gasteiger partial charge in [0.05, 0.1) is 18.2 Å². The minimum Gasteiger partial charge on any atom is -0.491 e. The molecule has 1 aromatic rings. The Bertz CT molecular complexity index is 423. The summed E-state index contributed by atoms with van der Waals surface area (Å²) < 4.78 is 44.0. The predicted molar refractivity (Wildman–Crippen MR) is 67.4 cm³/mol. The van der Waals surface area contributed by atoms with Crippen molar-refractivity contribution >= 4 is 5.69 Å². The minimum atomic E-state index is -4.27. The minimum absolute atomic E-state index is 0.125. The summed E-state index contributed by atoms with van der Waals surface area (Å²) in [4.78, 5) is 1.72. The molecule has 0 aliphatic carbocycles. The second kappa shape index (κ2) is 5.69. The van der Waals surface area contributed by atoms with E-state index in [-0.39, 0.29) is 6.54 Å². The van der Waals surface area contributed by atoms with Gasteiger partial charge < -0.3 is 15.4 Å². The molecular formula is C13H17F3N2O. The van der Waals surface area contributed by atoms with Crippen molar-refractivity contribution in [2.75, 3.05) is 31.1 Å². The Morgan fingerprint density at radius 2 is 2.05 bits per heavy atom. The number of alkyl halides is 3. The maximum Gasteiger partial charge on any atom is 0.394 e. The maximum atomic E-state index is 12.8. The van der Waals surface area contributed by atoms with Crippen LogP contribution in [0.3, 0.4) is 0 Å². The van der Waals surface area contributed by atoms with Gasteiger partial charge in [0, 0.05) is 19.6 Å². The van der Waals surface area contributed by atoms with Crippen molar-refractivity contribution in [3.63, 3.8) is 0 Å². The number of benzene rings is 1. The van der Waals surface area contributed by atoms with Crippen LogP contribution in [0.1, 0.15) is 6.42 Å². The molecule has 1 atom stereocenters. The largest absolute Gasteiger partial charge is 0.491 e. The van der Waals surface area contributed by atoms with Gasteiger partial charge >= 0.3 is 6.18 Å². The van der Waals surface area contributed by atoms with Gasteiger partial charge in [0.25, 0.3) is 0 Å². The van der Waals surface area contributed by atoms with Crippen molar-refractivity contribution in [3.8, 4) is 5.75 Å². The van der Waals surface area contributed by atoms with Crippen molar-refractivity contribution in [2.24, 2.45) is 11.7 Å². The molecule has 1 heterocycles. The number of para-hydroxylation sites is 2. The van der Waals surface area contributed by atoms with E-state index in [1.807, 2.05) is 6.07 Å². The van der Waals surface area contributed by atoms with E-state index in [4.69, 9.17) is 10.5 Å². The molecule has 0 aromatic heterocycles. The molecule has 1 aliphatic heterocycles. The van der Waals surface area contributed by atoms with E-state index in [1.54, 1.807) is 23.1 Å². The summed E-state index contributed by atoms with van der Waals surface area (Å²) in [6, 6.07) is 7.17. The second-order valence-electron chi connectivity index (χ2n) is 4.59. The lowest BCUT2D eigenvalue weighted by Gasteiger charge is -2.29. The van der Waals surface area contributed by atoms with Gasteiger partial charge in [-0.15, -0.1) is 0 Å². The van der Waals surface area contributed by atoms with Gasteiger partial charge in [0.2, 0.25) is 0 Å². The third-order valence-corrected chi connectivity index (χ3v) is 3.22. The van der Waals surface area contributed by atoms with E-state index < -0.39 is 18.6 Å². The summed E-state index contributed by atoms with van der Waals surface area (Å²) in [5.41, 5.74) is 5.97. The summed E-state index contributed by atoms with van der Waals surface area (Å²) in [7, 11) is 0. The number of anilines is 1. The Labute approximate surface area is 110 Å². The number of ether oxygens (including phenoxy) is 1. The topological polar surface area (TPSA) is 38.5 Å². The predicted octanol–water partition coefficient (Wildman–Crippen LogP) is 2.41. The molecule has 2 rings (SSSR count). The first kappa shape index (κ1) is 14.0. The van der Waals surface area contributed by atoms with Crippen molar-refractivity contribution < 1.29 is 17.9 Å². The van der Waals surface area contributed by atoms with Crippen LogP contribution in [-0.4, -0.2) is 32.4 Å².